The van der Waals surface area contributed by atoms with Gasteiger partial charge in [-0.15, -0.1) is 24.0 Å². The van der Waals surface area contributed by atoms with E-state index in [1.54, 1.807) is 22.9 Å². The fraction of sp³-hybridized carbons (Fsp3) is 0.125. The lowest BCUT2D eigenvalue weighted by Crippen LogP contribution is -1.72. The van der Waals surface area contributed by atoms with Crippen molar-refractivity contribution in [3.8, 4) is 0 Å². The molecular weight excluding hydrogens is 174 g/mol. The number of hydrogen-bond donors (Lipinski definition) is 1. The summed E-state index contributed by atoms with van der Waals surface area (Å²) in [6.45, 7) is 5.60. The average Bonchev–Trinajstić information content (AvgIpc) is 2.34. The highest BCUT2D eigenvalue weighted by atomic mass is 32.1. The summed E-state index contributed by atoms with van der Waals surface area (Å²) in [4.78, 5) is 6.21. The second-order valence-corrected chi connectivity index (χ2v) is 3.68. The van der Waals surface area contributed by atoms with Crippen LogP contribution in [0, 0.1) is 0 Å². The molecule has 1 heterocycles. The molecule has 1 aromatic heterocycles. The highest BCUT2D eigenvalue weighted by molar-refractivity contribution is 7.84. The molecule has 0 aliphatic carbocycles. The molecule has 0 unspecified atom stereocenters. The first-order valence-corrected chi connectivity index (χ1v) is 4.50. The van der Waals surface area contributed by atoms with E-state index in [0.29, 0.717) is 0 Å². The number of thiazole rings is 1. The van der Waals surface area contributed by atoms with E-state index in [9.17, 15) is 0 Å². The van der Waals surface area contributed by atoms with Gasteiger partial charge in [-0.2, -0.15) is 0 Å². The zero-order valence-corrected chi connectivity index (χ0v) is 7.95. The van der Waals surface area contributed by atoms with Gasteiger partial charge in [-0.25, -0.2) is 4.98 Å². The standard InChI is InChI=1S/C8H9NS2/c1-3-7-8(4-6(2)10)11-5-9-7/h3-5,10H,1H2,2H3/b6-4+. The van der Waals surface area contributed by atoms with Crippen LogP contribution in [0.3, 0.4) is 0 Å². The van der Waals surface area contributed by atoms with Crippen molar-refractivity contribution in [2.45, 2.75) is 6.92 Å². The normalized spacial score (nSPS) is 11.6. The minimum absolute atomic E-state index is 0.934. The number of allylic oxidation sites excluding steroid dienone is 1. The van der Waals surface area contributed by atoms with Gasteiger partial charge in [-0.05, 0) is 24.0 Å². The lowest BCUT2D eigenvalue weighted by molar-refractivity contribution is 1.38. The predicted octanol–water partition coefficient (Wildman–Crippen LogP) is 3.08. The third-order valence-electron chi connectivity index (χ3n) is 1.16. The minimum atomic E-state index is 0.934. The van der Waals surface area contributed by atoms with E-state index in [4.69, 9.17) is 0 Å². The maximum Gasteiger partial charge on any atom is 0.0806 e. The SMILES string of the molecule is C=Cc1ncsc1/C=C(\C)S. The molecule has 0 saturated heterocycles. The molecule has 0 aromatic carbocycles. The number of hydrogen-bond acceptors (Lipinski definition) is 3. The highest BCUT2D eigenvalue weighted by Gasteiger charge is 1.97. The summed E-state index contributed by atoms with van der Waals surface area (Å²) in [6.07, 6.45) is 3.73. The Hall–Kier alpha value is -0.540. The first-order valence-electron chi connectivity index (χ1n) is 3.17. The molecule has 11 heavy (non-hydrogen) atoms. The molecule has 0 amide bonds. The van der Waals surface area contributed by atoms with Crippen LogP contribution in [0.5, 0.6) is 0 Å². The van der Waals surface area contributed by atoms with Gasteiger partial charge in [0.25, 0.3) is 0 Å². The van der Waals surface area contributed by atoms with Gasteiger partial charge < -0.3 is 0 Å². The van der Waals surface area contributed by atoms with Gasteiger partial charge in [0.05, 0.1) is 16.1 Å². The van der Waals surface area contributed by atoms with Gasteiger partial charge in [-0.1, -0.05) is 6.58 Å². The van der Waals surface area contributed by atoms with Gasteiger partial charge in [0.15, 0.2) is 0 Å². The largest absolute Gasteiger partial charge is 0.245 e. The van der Waals surface area contributed by atoms with Crippen molar-refractivity contribution in [3.63, 3.8) is 0 Å². The maximum atomic E-state index is 4.18. The average molecular weight is 183 g/mol. The fourth-order valence-electron chi connectivity index (χ4n) is 0.715. The molecule has 58 valence electrons. The van der Waals surface area contributed by atoms with Crippen LogP contribution in [0.2, 0.25) is 0 Å². The minimum Gasteiger partial charge on any atom is -0.245 e. The topological polar surface area (TPSA) is 12.9 Å². The van der Waals surface area contributed by atoms with E-state index >= 15 is 0 Å². The summed E-state index contributed by atoms with van der Waals surface area (Å²) in [6, 6.07) is 0. The number of rotatable bonds is 2. The Bertz CT molecular complexity index is 282. The van der Waals surface area contributed by atoms with Crippen LogP contribution in [0.25, 0.3) is 12.2 Å². The summed E-state index contributed by atoms with van der Waals surface area (Å²) < 4.78 is 0. The molecule has 3 heteroatoms. The van der Waals surface area contributed by atoms with Crippen molar-refractivity contribution < 1.29 is 0 Å². The van der Waals surface area contributed by atoms with E-state index < -0.39 is 0 Å². The molecule has 0 atom stereocenters. The molecule has 0 N–H and O–H groups in total. The molecule has 0 aliphatic heterocycles. The molecule has 0 bridgehead atoms. The van der Waals surface area contributed by atoms with Crippen LogP contribution >= 0.6 is 24.0 Å². The lowest BCUT2D eigenvalue weighted by Gasteiger charge is -1.89. The zero-order valence-electron chi connectivity index (χ0n) is 6.24. The Morgan fingerprint density at radius 3 is 3.09 bits per heavy atom. The van der Waals surface area contributed by atoms with E-state index in [2.05, 4.69) is 24.2 Å². The molecule has 0 spiro atoms. The Balaban J connectivity index is 3.03. The summed E-state index contributed by atoms with van der Waals surface area (Å²) in [5, 5.41) is 0. The third-order valence-corrected chi connectivity index (χ3v) is 2.08. The van der Waals surface area contributed by atoms with E-state index in [1.807, 2.05) is 13.0 Å². The Morgan fingerprint density at radius 2 is 2.55 bits per heavy atom. The monoisotopic (exact) mass is 183 g/mol. The molecular formula is C8H9NS2. The second-order valence-electron chi connectivity index (χ2n) is 2.09. The van der Waals surface area contributed by atoms with Gasteiger partial charge in [0, 0.05) is 0 Å². The number of nitrogens with zero attached hydrogens (tertiary/aromatic N) is 1. The Morgan fingerprint density at radius 1 is 1.82 bits per heavy atom. The Kier molecular flexibility index (Phi) is 2.91. The van der Waals surface area contributed by atoms with Gasteiger partial charge >= 0.3 is 0 Å². The number of aromatic nitrogens is 1. The van der Waals surface area contributed by atoms with Crippen LogP contribution < -0.4 is 0 Å². The van der Waals surface area contributed by atoms with Crippen molar-refractivity contribution in [3.05, 3.63) is 27.6 Å². The van der Waals surface area contributed by atoms with Crippen LogP contribution in [0.4, 0.5) is 0 Å². The molecule has 0 aliphatic rings. The first kappa shape index (κ1) is 8.56. The maximum absolute atomic E-state index is 4.18. The van der Waals surface area contributed by atoms with E-state index in [-0.39, 0.29) is 0 Å². The van der Waals surface area contributed by atoms with Crippen molar-refractivity contribution in [1.29, 1.82) is 0 Å². The second kappa shape index (κ2) is 3.74. The highest BCUT2D eigenvalue weighted by Crippen LogP contribution is 2.18. The number of thiol groups is 1. The zero-order chi connectivity index (χ0) is 8.27. The van der Waals surface area contributed by atoms with E-state index in [1.165, 1.54) is 0 Å². The fourth-order valence-corrected chi connectivity index (χ4v) is 1.71. The first-order chi connectivity index (χ1) is 5.24. The molecule has 1 aromatic rings. The van der Waals surface area contributed by atoms with Gasteiger partial charge in [0.2, 0.25) is 0 Å². The smallest absolute Gasteiger partial charge is 0.0806 e. The summed E-state index contributed by atoms with van der Waals surface area (Å²) >= 11 is 5.77. The van der Waals surface area contributed by atoms with Crippen molar-refractivity contribution in [2.75, 3.05) is 0 Å². The van der Waals surface area contributed by atoms with Gasteiger partial charge in [-0.3, -0.25) is 0 Å². The Labute approximate surface area is 75.9 Å². The van der Waals surface area contributed by atoms with Crippen molar-refractivity contribution in [1.82, 2.24) is 4.98 Å². The third kappa shape index (κ3) is 2.20. The molecule has 1 rings (SSSR count). The summed E-state index contributed by atoms with van der Waals surface area (Å²) in [7, 11) is 0. The molecule has 0 fully saturated rings. The summed E-state index contributed by atoms with van der Waals surface area (Å²) in [5.74, 6) is 0. The van der Waals surface area contributed by atoms with Crippen LogP contribution in [0.1, 0.15) is 17.5 Å². The van der Waals surface area contributed by atoms with Crippen molar-refractivity contribution >= 4 is 36.1 Å². The molecule has 0 saturated carbocycles. The lowest BCUT2D eigenvalue weighted by atomic mass is 10.3. The quantitative estimate of drug-likeness (QED) is 0.695. The van der Waals surface area contributed by atoms with Crippen LogP contribution in [-0.2, 0) is 0 Å². The molecule has 0 radical (unpaired) electrons. The van der Waals surface area contributed by atoms with Gasteiger partial charge in [0.1, 0.15) is 0 Å². The van der Waals surface area contributed by atoms with Crippen LogP contribution in [0.15, 0.2) is 17.0 Å². The van der Waals surface area contributed by atoms with E-state index in [0.717, 1.165) is 15.5 Å². The van der Waals surface area contributed by atoms with Crippen LogP contribution in [-0.4, -0.2) is 4.98 Å². The summed E-state index contributed by atoms with van der Waals surface area (Å²) in [5.41, 5.74) is 2.74. The molecule has 1 nitrogen and oxygen atoms in total. The van der Waals surface area contributed by atoms with Crippen molar-refractivity contribution in [2.24, 2.45) is 0 Å². The predicted molar refractivity (Wildman–Crippen MR) is 54.8 cm³/mol.